The van der Waals surface area contributed by atoms with Crippen molar-refractivity contribution in [2.24, 2.45) is 0 Å². The highest BCUT2D eigenvalue weighted by molar-refractivity contribution is 6.09. The molecule has 0 aromatic heterocycles. The van der Waals surface area contributed by atoms with Crippen molar-refractivity contribution in [3.63, 3.8) is 0 Å². The van der Waals surface area contributed by atoms with Crippen LogP contribution in [0.4, 0.5) is 5.69 Å². The highest BCUT2D eigenvalue weighted by Gasteiger charge is 2.26. The Morgan fingerprint density at radius 3 is 2.63 bits per heavy atom. The minimum Gasteiger partial charge on any atom is -0.497 e. The molecule has 2 aliphatic rings. The first kappa shape index (κ1) is 18.8. The van der Waals surface area contributed by atoms with E-state index in [0.29, 0.717) is 36.3 Å². The molecule has 0 heterocycles. The second kappa shape index (κ2) is 8.12. The van der Waals surface area contributed by atoms with E-state index in [1.807, 2.05) is 18.2 Å². The highest BCUT2D eigenvalue weighted by atomic mass is 16.5. The van der Waals surface area contributed by atoms with Crippen LogP contribution in [0.3, 0.4) is 0 Å². The van der Waals surface area contributed by atoms with Crippen LogP contribution in [-0.2, 0) is 14.3 Å². The van der Waals surface area contributed by atoms with E-state index < -0.39 is 5.97 Å². The third-order valence-electron chi connectivity index (χ3n) is 4.93. The predicted molar refractivity (Wildman–Crippen MR) is 102 cm³/mol. The fraction of sp³-hybridized carbons (Fsp3) is 0.333. The molecular weight excluding hydrogens is 346 g/mol. The second-order valence-electron chi connectivity index (χ2n) is 6.55. The number of carboxylic acids is 1. The minimum atomic E-state index is -1.02. The number of aliphatic carboxylic acids is 1. The van der Waals surface area contributed by atoms with E-state index in [2.05, 4.69) is 17.5 Å². The van der Waals surface area contributed by atoms with Gasteiger partial charge in [0.2, 0.25) is 0 Å². The molecule has 2 N–H and O–H groups in total. The fourth-order valence-corrected chi connectivity index (χ4v) is 3.49. The molecule has 0 fully saturated rings. The molecule has 0 bridgehead atoms. The first-order chi connectivity index (χ1) is 13.0. The number of amides is 1. The zero-order valence-electron chi connectivity index (χ0n) is 15.5. The summed E-state index contributed by atoms with van der Waals surface area (Å²) in [6.45, 7) is 0. The first-order valence-corrected chi connectivity index (χ1v) is 8.90. The Labute approximate surface area is 158 Å². The smallest absolute Gasteiger partial charge is 0.332 e. The lowest BCUT2D eigenvalue weighted by Gasteiger charge is -2.19. The number of benzene rings is 1. The predicted octanol–water partition coefficient (Wildman–Crippen LogP) is 3.77. The van der Waals surface area contributed by atoms with Crippen molar-refractivity contribution in [1.82, 2.24) is 0 Å². The molecule has 1 atom stereocenters. The number of methoxy groups -OCH3 is 2. The van der Waals surface area contributed by atoms with Crippen LogP contribution in [0.15, 0.2) is 53.3 Å². The summed E-state index contributed by atoms with van der Waals surface area (Å²) in [6.07, 6.45) is 8.50. The molecule has 142 valence electrons. The molecule has 2 aliphatic carbocycles. The number of carbonyl (C=O) groups is 2. The maximum atomic E-state index is 12.5. The van der Waals surface area contributed by atoms with Crippen LogP contribution in [0.25, 0.3) is 0 Å². The van der Waals surface area contributed by atoms with Gasteiger partial charge in [0.05, 0.1) is 19.9 Å². The lowest BCUT2D eigenvalue weighted by Crippen LogP contribution is -2.17. The van der Waals surface area contributed by atoms with Crippen LogP contribution in [-0.4, -0.2) is 31.2 Å². The van der Waals surface area contributed by atoms with Crippen LogP contribution in [0, 0.1) is 0 Å². The van der Waals surface area contributed by atoms with E-state index in [0.717, 1.165) is 17.7 Å². The summed E-state index contributed by atoms with van der Waals surface area (Å²) in [7, 11) is 3.18. The SMILES string of the molecule is COC1=CC(c2ccc(NC(=O)C3=C(C(=O)O)CCC3)c(OC)c2)CC=C1. The van der Waals surface area contributed by atoms with Crippen molar-refractivity contribution in [3.05, 3.63) is 58.9 Å². The number of nitrogens with one attached hydrogen (secondary N) is 1. The van der Waals surface area contributed by atoms with Gasteiger partial charge < -0.3 is 19.9 Å². The number of allylic oxidation sites excluding steroid dienone is 3. The lowest BCUT2D eigenvalue weighted by atomic mass is 9.91. The van der Waals surface area contributed by atoms with Crippen LogP contribution < -0.4 is 10.1 Å². The van der Waals surface area contributed by atoms with Crippen molar-refractivity contribution >= 4 is 17.6 Å². The van der Waals surface area contributed by atoms with Crippen molar-refractivity contribution in [2.45, 2.75) is 31.6 Å². The minimum absolute atomic E-state index is 0.166. The fourth-order valence-electron chi connectivity index (χ4n) is 3.49. The summed E-state index contributed by atoms with van der Waals surface area (Å²) >= 11 is 0. The third-order valence-corrected chi connectivity index (χ3v) is 4.93. The molecule has 1 amide bonds. The third kappa shape index (κ3) is 4.05. The van der Waals surface area contributed by atoms with Gasteiger partial charge in [-0.3, -0.25) is 4.79 Å². The monoisotopic (exact) mass is 369 g/mol. The van der Waals surface area contributed by atoms with Gasteiger partial charge in [-0.05, 0) is 55.5 Å². The number of hydrogen-bond donors (Lipinski definition) is 2. The van der Waals surface area contributed by atoms with Crippen molar-refractivity contribution < 1.29 is 24.2 Å². The van der Waals surface area contributed by atoms with Gasteiger partial charge in [0.15, 0.2) is 0 Å². The summed E-state index contributed by atoms with van der Waals surface area (Å²) in [4.78, 5) is 23.8. The molecule has 0 saturated carbocycles. The number of ether oxygens (including phenoxy) is 2. The van der Waals surface area contributed by atoms with Gasteiger partial charge in [-0.1, -0.05) is 12.1 Å². The van der Waals surface area contributed by atoms with E-state index in [1.54, 1.807) is 20.3 Å². The average Bonchev–Trinajstić information content (AvgIpc) is 3.18. The van der Waals surface area contributed by atoms with Crippen LogP contribution in [0.1, 0.15) is 37.2 Å². The topological polar surface area (TPSA) is 84.9 Å². The Bertz CT molecular complexity index is 850. The molecule has 1 aromatic rings. The standard InChI is InChI=1S/C21H23NO5/c1-26-15-6-3-5-13(11-15)14-9-10-18(19(12-14)27-2)22-20(23)16-7-4-8-17(16)21(24)25/h3,6,9-13H,4-5,7-8H2,1-2H3,(H,22,23)(H,24,25). The summed E-state index contributed by atoms with van der Waals surface area (Å²) in [5, 5.41) is 12.0. The van der Waals surface area contributed by atoms with Crippen molar-refractivity contribution in [1.29, 1.82) is 0 Å². The molecule has 0 spiro atoms. The molecule has 3 rings (SSSR count). The van der Waals surface area contributed by atoms with E-state index in [9.17, 15) is 14.7 Å². The van der Waals surface area contributed by atoms with Gasteiger partial charge in [-0.15, -0.1) is 0 Å². The maximum Gasteiger partial charge on any atom is 0.332 e. The Morgan fingerprint density at radius 2 is 1.93 bits per heavy atom. The van der Waals surface area contributed by atoms with Crippen molar-refractivity contribution in [3.8, 4) is 5.75 Å². The molecule has 0 radical (unpaired) electrons. The largest absolute Gasteiger partial charge is 0.497 e. The van der Waals surface area contributed by atoms with E-state index in [-0.39, 0.29) is 17.4 Å². The van der Waals surface area contributed by atoms with Gasteiger partial charge in [0.1, 0.15) is 11.5 Å². The zero-order chi connectivity index (χ0) is 19.4. The van der Waals surface area contributed by atoms with Gasteiger partial charge in [0, 0.05) is 17.1 Å². The number of rotatable bonds is 6. The van der Waals surface area contributed by atoms with E-state index >= 15 is 0 Å². The molecule has 27 heavy (non-hydrogen) atoms. The number of carbonyl (C=O) groups excluding carboxylic acids is 1. The van der Waals surface area contributed by atoms with E-state index in [1.165, 1.54) is 0 Å². The number of anilines is 1. The van der Waals surface area contributed by atoms with Crippen LogP contribution >= 0.6 is 0 Å². The van der Waals surface area contributed by atoms with Gasteiger partial charge in [0.25, 0.3) is 5.91 Å². The number of carboxylic acid groups (broad SMARTS) is 1. The molecule has 6 nitrogen and oxygen atoms in total. The molecule has 1 aromatic carbocycles. The quantitative estimate of drug-likeness (QED) is 0.797. The summed E-state index contributed by atoms with van der Waals surface area (Å²) in [5.74, 6) is 0.124. The molecule has 0 aliphatic heterocycles. The summed E-state index contributed by atoms with van der Waals surface area (Å²) in [5.41, 5.74) is 2.13. The van der Waals surface area contributed by atoms with Crippen LogP contribution in [0.2, 0.25) is 0 Å². The molecule has 1 unspecified atom stereocenters. The Balaban J connectivity index is 1.82. The molecular formula is C21H23NO5. The maximum absolute atomic E-state index is 12.5. The molecule has 6 heteroatoms. The van der Waals surface area contributed by atoms with Crippen LogP contribution in [0.5, 0.6) is 5.75 Å². The second-order valence-corrected chi connectivity index (χ2v) is 6.55. The Kier molecular flexibility index (Phi) is 5.64. The Morgan fingerprint density at radius 1 is 1.15 bits per heavy atom. The zero-order valence-corrected chi connectivity index (χ0v) is 15.5. The highest BCUT2D eigenvalue weighted by Crippen LogP contribution is 2.34. The average molecular weight is 369 g/mol. The van der Waals surface area contributed by atoms with Gasteiger partial charge in [-0.25, -0.2) is 4.79 Å². The summed E-state index contributed by atoms with van der Waals surface area (Å²) in [6, 6.07) is 5.62. The Hall–Kier alpha value is -3.02. The first-order valence-electron chi connectivity index (χ1n) is 8.90. The molecule has 0 saturated heterocycles. The van der Waals surface area contributed by atoms with Crippen molar-refractivity contribution in [2.75, 3.05) is 19.5 Å². The normalized spacial score (nSPS) is 18.9. The summed E-state index contributed by atoms with van der Waals surface area (Å²) < 4.78 is 10.7. The van der Waals surface area contributed by atoms with Gasteiger partial charge >= 0.3 is 5.97 Å². The lowest BCUT2D eigenvalue weighted by molar-refractivity contribution is -0.133. The number of hydrogen-bond acceptors (Lipinski definition) is 4. The van der Waals surface area contributed by atoms with Gasteiger partial charge in [-0.2, -0.15) is 0 Å². The van der Waals surface area contributed by atoms with E-state index in [4.69, 9.17) is 9.47 Å².